The van der Waals surface area contributed by atoms with E-state index in [2.05, 4.69) is 33.8 Å². The summed E-state index contributed by atoms with van der Waals surface area (Å²) < 4.78 is 7.24. The maximum atomic E-state index is 12.2. The van der Waals surface area contributed by atoms with Gasteiger partial charge in [0.1, 0.15) is 0 Å². The minimum absolute atomic E-state index is 0.117. The van der Waals surface area contributed by atoms with Crippen molar-refractivity contribution < 1.29 is 14.3 Å². The van der Waals surface area contributed by atoms with Gasteiger partial charge in [0.2, 0.25) is 13.3 Å². The van der Waals surface area contributed by atoms with Gasteiger partial charge in [0.25, 0.3) is 5.91 Å². The van der Waals surface area contributed by atoms with E-state index in [0.29, 0.717) is 16.6 Å². The molecule has 0 bridgehead atoms. The van der Waals surface area contributed by atoms with Crippen LogP contribution >= 0.6 is 11.3 Å². The minimum Gasteiger partial charge on any atom is -0.402 e. The highest BCUT2D eigenvalue weighted by atomic mass is 32.1. The number of rotatable bonds is 7. The molecule has 0 saturated carbocycles. The molecule has 2 N–H and O–H groups in total. The monoisotopic (exact) mass is 435 g/mol. The molecule has 3 aromatic rings. The Hall–Kier alpha value is -2.91. The Morgan fingerprint density at radius 1 is 1.29 bits per heavy atom. The highest BCUT2D eigenvalue weighted by Crippen LogP contribution is 2.31. The number of aromatic nitrogens is 2. The minimum atomic E-state index is -0.313. The van der Waals surface area contributed by atoms with Crippen molar-refractivity contribution in [3.63, 3.8) is 0 Å². The Kier molecular flexibility index (Phi) is 6.84. The number of ether oxygens (including phenoxy) is 1. The van der Waals surface area contributed by atoms with Crippen molar-refractivity contribution in [2.75, 3.05) is 25.1 Å². The average molecular weight is 435 g/mol. The molecule has 7 nitrogen and oxygen atoms in total. The number of carbonyl (C=O) groups excluding carboxylic acids is 2. The Balaban J connectivity index is 1.33. The van der Waals surface area contributed by atoms with Gasteiger partial charge in [0, 0.05) is 30.4 Å². The summed E-state index contributed by atoms with van der Waals surface area (Å²) in [5.74, 6) is -0.0885. The third-order valence-electron chi connectivity index (χ3n) is 5.31. The summed E-state index contributed by atoms with van der Waals surface area (Å²) in [5.41, 5.74) is 3.67. The number of nitrogens with one attached hydrogen (secondary N) is 2. The molecule has 0 aliphatic carbocycles. The first-order valence-corrected chi connectivity index (χ1v) is 11.2. The third-order valence-corrected chi connectivity index (χ3v) is 6.07. The molecular formula is C22H24BN4O3S. The molecule has 1 aromatic carbocycles. The van der Waals surface area contributed by atoms with E-state index in [1.54, 1.807) is 22.9 Å². The Labute approximate surface area is 186 Å². The molecule has 4 rings (SSSR count). The van der Waals surface area contributed by atoms with Gasteiger partial charge in [-0.2, -0.15) is 0 Å². The maximum Gasteiger partial charge on any atom is 0.253 e. The quantitative estimate of drug-likeness (QED) is 0.558. The maximum absolute atomic E-state index is 12.2. The van der Waals surface area contributed by atoms with Gasteiger partial charge < -0.3 is 19.8 Å². The van der Waals surface area contributed by atoms with Gasteiger partial charge in [-0.05, 0) is 42.7 Å². The molecule has 1 fully saturated rings. The number of amides is 2. The van der Waals surface area contributed by atoms with Crippen LogP contribution in [0.2, 0.25) is 6.82 Å². The molecule has 2 aromatic heterocycles. The molecule has 9 heteroatoms. The largest absolute Gasteiger partial charge is 0.402 e. The van der Waals surface area contributed by atoms with E-state index in [1.807, 2.05) is 25.7 Å². The normalized spacial score (nSPS) is 14.2. The fraction of sp³-hybridized carbons (Fsp3) is 0.318. The van der Waals surface area contributed by atoms with E-state index in [4.69, 9.17) is 4.74 Å². The van der Waals surface area contributed by atoms with Crippen LogP contribution in [0.5, 0.6) is 0 Å². The van der Waals surface area contributed by atoms with Crippen LogP contribution in [0.3, 0.4) is 0 Å². The van der Waals surface area contributed by atoms with Crippen LogP contribution in [0.1, 0.15) is 34.7 Å². The Bertz CT molecular complexity index is 1060. The van der Waals surface area contributed by atoms with E-state index in [0.717, 1.165) is 37.3 Å². The summed E-state index contributed by atoms with van der Waals surface area (Å²) in [6.07, 6.45) is 5.56. The molecule has 1 saturated heterocycles. The zero-order chi connectivity index (χ0) is 21.6. The number of carbonyl (C=O) groups is 2. The second-order valence-electron chi connectivity index (χ2n) is 7.39. The molecule has 0 spiro atoms. The van der Waals surface area contributed by atoms with Crippen LogP contribution in [-0.2, 0) is 9.53 Å². The van der Waals surface area contributed by atoms with Crippen LogP contribution < -0.4 is 10.6 Å². The second kappa shape index (κ2) is 9.93. The Morgan fingerprint density at radius 3 is 2.90 bits per heavy atom. The molecule has 0 unspecified atom stereocenters. The molecule has 2 amide bonds. The van der Waals surface area contributed by atoms with Crippen LogP contribution in [0, 0.1) is 0 Å². The molecule has 0 atom stereocenters. The zero-order valence-corrected chi connectivity index (χ0v) is 18.2. The standard InChI is InChI=1S/C22H24BN4O3S/c1-23-27-8-5-18(13-27)21(29)24-12-20(28)26-22-25-19(14-31-22)17-4-2-3-16(11-17)15-6-9-30-10-7-15/h2-5,8,11,13-15H,6-7,9-10,12H2,1H3,(H,24,29)(H,25,26,28). The molecule has 1 radical (unpaired) electrons. The van der Waals surface area contributed by atoms with E-state index in [-0.39, 0.29) is 18.4 Å². The summed E-state index contributed by atoms with van der Waals surface area (Å²) in [6, 6.07) is 10.1. The molecule has 1 aliphatic heterocycles. The summed E-state index contributed by atoms with van der Waals surface area (Å²) in [7, 11) is 1.84. The number of benzene rings is 1. The zero-order valence-electron chi connectivity index (χ0n) is 17.3. The van der Waals surface area contributed by atoms with Crippen molar-refractivity contribution in [3.05, 3.63) is 59.2 Å². The van der Waals surface area contributed by atoms with Crippen LogP contribution in [-0.4, -0.2) is 48.4 Å². The average Bonchev–Trinajstić information content (AvgIpc) is 3.48. The first kappa shape index (κ1) is 21.3. The van der Waals surface area contributed by atoms with Crippen molar-refractivity contribution in [1.82, 2.24) is 14.8 Å². The predicted molar refractivity (Wildman–Crippen MR) is 123 cm³/mol. The van der Waals surface area contributed by atoms with Crippen molar-refractivity contribution in [3.8, 4) is 11.3 Å². The lowest BCUT2D eigenvalue weighted by Gasteiger charge is -2.22. The van der Waals surface area contributed by atoms with Gasteiger partial charge in [0.15, 0.2) is 5.13 Å². The molecular weight excluding hydrogens is 411 g/mol. The highest BCUT2D eigenvalue weighted by Gasteiger charge is 2.17. The number of anilines is 1. The number of thiazole rings is 1. The number of hydrogen-bond donors (Lipinski definition) is 2. The van der Waals surface area contributed by atoms with Crippen molar-refractivity contribution in [2.45, 2.75) is 25.6 Å². The van der Waals surface area contributed by atoms with Gasteiger partial charge in [0.05, 0.1) is 17.8 Å². The van der Waals surface area contributed by atoms with Crippen LogP contribution in [0.15, 0.2) is 48.1 Å². The lowest BCUT2D eigenvalue weighted by atomic mass is 9.90. The third kappa shape index (κ3) is 5.42. The van der Waals surface area contributed by atoms with Gasteiger partial charge in [-0.25, -0.2) is 4.98 Å². The van der Waals surface area contributed by atoms with Crippen molar-refractivity contribution in [1.29, 1.82) is 0 Å². The molecule has 3 heterocycles. The lowest BCUT2D eigenvalue weighted by Crippen LogP contribution is -2.32. The van der Waals surface area contributed by atoms with Gasteiger partial charge >= 0.3 is 0 Å². The van der Waals surface area contributed by atoms with Gasteiger partial charge in [-0.15, -0.1) is 11.3 Å². The summed E-state index contributed by atoms with van der Waals surface area (Å²) in [5, 5.41) is 7.83. The van der Waals surface area contributed by atoms with Crippen molar-refractivity contribution in [2.24, 2.45) is 0 Å². The predicted octanol–water partition coefficient (Wildman–Crippen LogP) is 3.39. The van der Waals surface area contributed by atoms with Crippen LogP contribution in [0.4, 0.5) is 5.13 Å². The lowest BCUT2D eigenvalue weighted by molar-refractivity contribution is -0.115. The fourth-order valence-electron chi connectivity index (χ4n) is 3.58. The van der Waals surface area contributed by atoms with E-state index >= 15 is 0 Å². The summed E-state index contributed by atoms with van der Waals surface area (Å²) in [6.45, 7) is 3.37. The molecule has 159 valence electrons. The van der Waals surface area contributed by atoms with E-state index in [1.165, 1.54) is 16.9 Å². The van der Waals surface area contributed by atoms with Crippen molar-refractivity contribution >= 4 is 35.7 Å². The SMILES string of the molecule is C[B]n1ccc(C(=O)NCC(=O)Nc2nc(-c3cccc(C4CCOCC4)c3)cs2)c1. The number of nitrogens with zero attached hydrogens (tertiary/aromatic N) is 2. The highest BCUT2D eigenvalue weighted by molar-refractivity contribution is 7.14. The molecule has 31 heavy (non-hydrogen) atoms. The summed E-state index contributed by atoms with van der Waals surface area (Å²) in [4.78, 5) is 28.9. The summed E-state index contributed by atoms with van der Waals surface area (Å²) >= 11 is 1.37. The van der Waals surface area contributed by atoms with E-state index < -0.39 is 0 Å². The van der Waals surface area contributed by atoms with Gasteiger partial charge in [-0.1, -0.05) is 25.0 Å². The topological polar surface area (TPSA) is 85.3 Å². The Morgan fingerprint density at radius 2 is 2.13 bits per heavy atom. The number of hydrogen-bond acceptors (Lipinski definition) is 5. The van der Waals surface area contributed by atoms with E-state index in [9.17, 15) is 9.59 Å². The first-order chi connectivity index (χ1) is 15.1. The second-order valence-corrected chi connectivity index (χ2v) is 8.24. The smallest absolute Gasteiger partial charge is 0.253 e. The van der Waals surface area contributed by atoms with Gasteiger partial charge in [-0.3, -0.25) is 9.59 Å². The fourth-order valence-corrected chi connectivity index (χ4v) is 4.32. The first-order valence-electron chi connectivity index (χ1n) is 10.3. The van der Waals surface area contributed by atoms with Crippen LogP contribution in [0.25, 0.3) is 11.3 Å². The molecule has 1 aliphatic rings.